The molecule has 3 rings (SSSR count). The Kier molecular flexibility index (Phi) is 6.22. The lowest BCUT2D eigenvalue weighted by atomic mass is 9.82. The van der Waals surface area contributed by atoms with Gasteiger partial charge in [0.05, 0.1) is 6.54 Å². The highest BCUT2D eigenvalue weighted by molar-refractivity contribution is 7.12. The van der Waals surface area contributed by atoms with Crippen LogP contribution in [0.2, 0.25) is 0 Å². The number of amides is 1. The molecule has 1 aliphatic heterocycles. The van der Waals surface area contributed by atoms with Gasteiger partial charge in [-0.25, -0.2) is 0 Å². The summed E-state index contributed by atoms with van der Waals surface area (Å²) < 4.78 is 27.9. The van der Waals surface area contributed by atoms with E-state index in [9.17, 15) is 13.6 Å². The molecule has 1 atom stereocenters. The van der Waals surface area contributed by atoms with Crippen molar-refractivity contribution in [2.24, 2.45) is 5.73 Å². The molecule has 0 radical (unpaired) electrons. The summed E-state index contributed by atoms with van der Waals surface area (Å²) in [4.78, 5) is 16.4. The molecule has 3 N–H and O–H groups in total. The van der Waals surface area contributed by atoms with E-state index in [1.807, 2.05) is 12.1 Å². The largest absolute Gasteiger partial charge is 0.404 e. The van der Waals surface area contributed by atoms with E-state index in [0.717, 1.165) is 28.6 Å². The van der Waals surface area contributed by atoms with Crippen molar-refractivity contribution in [2.45, 2.75) is 38.7 Å². The van der Waals surface area contributed by atoms with Gasteiger partial charge in [-0.15, -0.1) is 11.3 Å². The molecule has 158 valence electrons. The number of rotatable bonds is 6. The Morgan fingerprint density at radius 2 is 2.10 bits per heavy atom. The third-order valence-corrected chi connectivity index (χ3v) is 6.62. The van der Waals surface area contributed by atoms with Crippen molar-refractivity contribution in [3.63, 3.8) is 0 Å². The number of hydrogen-bond acceptors (Lipinski definition) is 4. The minimum Gasteiger partial charge on any atom is -0.404 e. The molecule has 0 saturated heterocycles. The van der Waals surface area contributed by atoms with Crippen molar-refractivity contribution in [3.05, 3.63) is 75.6 Å². The standard InChI is InChI=1S/C23H25F2N3OS/c1-4-14-10-17-19(12-28(21(29)5-2)13-20(17)30-14)16-9-7-6-8-15(16)18(11-26)22(27)23(3,24)25/h5-11,19,27H,2,4,12-13,26H2,1,3H3/b18-11-,27-22?. The Morgan fingerprint density at radius 1 is 1.40 bits per heavy atom. The molecule has 1 unspecified atom stereocenters. The van der Waals surface area contributed by atoms with Crippen molar-refractivity contribution >= 4 is 28.5 Å². The molecule has 1 aliphatic rings. The van der Waals surface area contributed by atoms with E-state index in [-0.39, 0.29) is 17.4 Å². The van der Waals surface area contributed by atoms with E-state index in [1.165, 1.54) is 11.0 Å². The Labute approximate surface area is 179 Å². The monoisotopic (exact) mass is 429 g/mol. The zero-order valence-corrected chi connectivity index (χ0v) is 17.9. The quantitative estimate of drug-likeness (QED) is 0.504. The van der Waals surface area contributed by atoms with E-state index in [0.29, 0.717) is 25.6 Å². The van der Waals surface area contributed by atoms with Crippen LogP contribution in [0.25, 0.3) is 5.57 Å². The second-order valence-electron chi connectivity index (χ2n) is 7.35. The van der Waals surface area contributed by atoms with Crippen LogP contribution in [0.15, 0.2) is 49.2 Å². The number of halogens is 2. The Bertz CT molecular complexity index is 1020. The van der Waals surface area contributed by atoms with Crippen LogP contribution in [0.5, 0.6) is 0 Å². The van der Waals surface area contributed by atoms with E-state index < -0.39 is 11.6 Å². The molecule has 1 aromatic heterocycles. The minimum atomic E-state index is -3.32. The first-order valence-corrected chi connectivity index (χ1v) is 10.5. The second kappa shape index (κ2) is 8.52. The fraction of sp³-hybridized carbons (Fsp3) is 0.304. The molecule has 1 aromatic carbocycles. The SMILES string of the molecule is C=CC(=O)N1Cc2sc(CC)cc2C(c2ccccc2/C(=C/N)C(=N)C(C)(F)F)C1. The molecule has 1 amide bonds. The third kappa shape index (κ3) is 4.07. The molecule has 2 aromatic rings. The van der Waals surface area contributed by atoms with Gasteiger partial charge in [0.25, 0.3) is 5.92 Å². The van der Waals surface area contributed by atoms with Gasteiger partial charge in [0, 0.05) is 40.9 Å². The van der Waals surface area contributed by atoms with E-state index >= 15 is 0 Å². The van der Waals surface area contributed by atoms with Gasteiger partial charge < -0.3 is 10.6 Å². The number of nitrogens with one attached hydrogen (secondary N) is 1. The molecular weight excluding hydrogens is 404 g/mol. The first-order chi connectivity index (χ1) is 14.2. The van der Waals surface area contributed by atoms with Crippen molar-refractivity contribution in [2.75, 3.05) is 6.54 Å². The van der Waals surface area contributed by atoms with Crippen LogP contribution in [0.4, 0.5) is 8.78 Å². The smallest absolute Gasteiger partial charge is 0.286 e. The number of thiophene rings is 1. The van der Waals surface area contributed by atoms with Gasteiger partial charge in [-0.1, -0.05) is 37.8 Å². The van der Waals surface area contributed by atoms with Crippen LogP contribution in [0, 0.1) is 5.41 Å². The maximum absolute atomic E-state index is 13.9. The first kappa shape index (κ1) is 21.9. The Hall–Kier alpha value is -2.80. The summed E-state index contributed by atoms with van der Waals surface area (Å²) in [6.07, 6.45) is 3.24. The van der Waals surface area contributed by atoms with E-state index in [2.05, 4.69) is 19.6 Å². The van der Waals surface area contributed by atoms with Crippen LogP contribution in [0.3, 0.4) is 0 Å². The van der Waals surface area contributed by atoms with Crippen LogP contribution in [-0.4, -0.2) is 29.0 Å². The Morgan fingerprint density at radius 3 is 2.70 bits per heavy atom. The summed E-state index contributed by atoms with van der Waals surface area (Å²) in [5.74, 6) is -3.70. The number of hydrogen-bond donors (Lipinski definition) is 2. The lowest BCUT2D eigenvalue weighted by molar-refractivity contribution is -0.127. The second-order valence-corrected chi connectivity index (χ2v) is 8.57. The minimum absolute atomic E-state index is 0.00207. The Balaban J connectivity index is 2.15. The molecule has 0 fully saturated rings. The highest BCUT2D eigenvalue weighted by atomic mass is 32.1. The van der Waals surface area contributed by atoms with Crippen LogP contribution in [0.1, 0.15) is 46.2 Å². The summed E-state index contributed by atoms with van der Waals surface area (Å²) in [5.41, 5.74) is 7.23. The average molecular weight is 430 g/mol. The molecule has 4 nitrogen and oxygen atoms in total. The lowest BCUT2D eigenvalue weighted by Gasteiger charge is -2.34. The number of nitrogens with zero attached hydrogens (tertiary/aromatic N) is 1. The lowest BCUT2D eigenvalue weighted by Crippen LogP contribution is -2.37. The van der Waals surface area contributed by atoms with Crippen LogP contribution >= 0.6 is 11.3 Å². The summed E-state index contributed by atoms with van der Waals surface area (Å²) in [6.45, 7) is 7.27. The fourth-order valence-electron chi connectivity index (χ4n) is 3.80. The fourth-order valence-corrected chi connectivity index (χ4v) is 4.99. The molecular formula is C23H25F2N3OS. The highest BCUT2D eigenvalue weighted by Gasteiger charge is 2.35. The topological polar surface area (TPSA) is 70.2 Å². The van der Waals surface area contributed by atoms with Gasteiger partial charge in [0.15, 0.2) is 0 Å². The zero-order chi connectivity index (χ0) is 22.1. The zero-order valence-electron chi connectivity index (χ0n) is 17.0. The normalized spacial score (nSPS) is 16.9. The molecule has 0 saturated carbocycles. The van der Waals surface area contributed by atoms with Gasteiger partial charge in [-0.3, -0.25) is 10.2 Å². The van der Waals surface area contributed by atoms with Gasteiger partial charge >= 0.3 is 0 Å². The molecule has 7 heteroatoms. The predicted octanol–water partition coefficient (Wildman–Crippen LogP) is 4.95. The number of nitrogens with two attached hydrogens (primary N) is 1. The number of aryl methyl sites for hydroxylation is 1. The van der Waals surface area contributed by atoms with Crippen molar-refractivity contribution < 1.29 is 13.6 Å². The number of carbonyl (C=O) groups is 1. The molecule has 0 aliphatic carbocycles. The molecule has 0 spiro atoms. The number of benzene rings is 1. The van der Waals surface area contributed by atoms with Crippen molar-refractivity contribution in [1.82, 2.24) is 4.90 Å². The van der Waals surface area contributed by atoms with Crippen molar-refractivity contribution in [3.8, 4) is 0 Å². The predicted molar refractivity (Wildman–Crippen MR) is 118 cm³/mol. The van der Waals surface area contributed by atoms with Gasteiger partial charge in [0.2, 0.25) is 5.91 Å². The molecule has 2 heterocycles. The van der Waals surface area contributed by atoms with Crippen molar-refractivity contribution in [1.29, 1.82) is 5.41 Å². The maximum atomic E-state index is 13.9. The molecule has 0 bridgehead atoms. The van der Waals surface area contributed by atoms with Gasteiger partial charge in [0.1, 0.15) is 5.71 Å². The number of allylic oxidation sites excluding steroid dienone is 1. The summed E-state index contributed by atoms with van der Waals surface area (Å²) in [5, 5.41) is 7.99. The number of carbonyl (C=O) groups excluding carboxylic acids is 1. The molecule has 30 heavy (non-hydrogen) atoms. The van der Waals surface area contributed by atoms with Crippen LogP contribution in [-0.2, 0) is 17.8 Å². The summed E-state index contributed by atoms with van der Waals surface area (Å²) >= 11 is 1.67. The first-order valence-electron chi connectivity index (χ1n) is 9.72. The average Bonchev–Trinajstić information content (AvgIpc) is 3.16. The van der Waals surface area contributed by atoms with E-state index in [4.69, 9.17) is 11.1 Å². The number of fused-ring (bicyclic) bond motifs is 1. The number of alkyl halides is 2. The highest BCUT2D eigenvalue weighted by Crippen LogP contribution is 2.41. The van der Waals surface area contributed by atoms with E-state index in [1.54, 1.807) is 28.4 Å². The summed E-state index contributed by atoms with van der Waals surface area (Å²) in [7, 11) is 0. The maximum Gasteiger partial charge on any atom is 0.286 e. The van der Waals surface area contributed by atoms with Gasteiger partial charge in [-0.2, -0.15) is 8.78 Å². The summed E-state index contributed by atoms with van der Waals surface area (Å²) in [6, 6.07) is 9.28. The third-order valence-electron chi connectivity index (χ3n) is 5.34. The van der Waals surface area contributed by atoms with Gasteiger partial charge in [-0.05, 0) is 35.3 Å². The van der Waals surface area contributed by atoms with Crippen LogP contribution < -0.4 is 5.73 Å².